The molecular weight excluding hydrogens is 140 g/mol. The van der Waals surface area contributed by atoms with E-state index in [2.05, 4.69) is 0 Å². The van der Waals surface area contributed by atoms with Gasteiger partial charge in [0, 0.05) is 6.42 Å². The maximum Gasteiger partial charge on any atom is 0.141 e. The maximum absolute atomic E-state index is 11.4. The number of rotatable bonds is 1. The van der Waals surface area contributed by atoms with Crippen LogP contribution in [0, 0.1) is 5.41 Å². The molecule has 1 fully saturated rings. The molecule has 0 saturated heterocycles. The van der Waals surface area contributed by atoms with Gasteiger partial charge >= 0.3 is 0 Å². The van der Waals surface area contributed by atoms with Crippen molar-refractivity contribution < 1.29 is 9.90 Å². The minimum absolute atomic E-state index is 0.235. The standard InChI is InChI=1S/C9H16O2/c1-3-9(2)7(10)5-4-6-8(9)11/h7,10H,3-6H2,1-2H3. The number of aliphatic hydroxyl groups is 1. The molecule has 64 valence electrons. The van der Waals surface area contributed by atoms with Crippen molar-refractivity contribution in [3.8, 4) is 0 Å². The zero-order chi connectivity index (χ0) is 8.48. The highest BCUT2D eigenvalue weighted by Crippen LogP contribution is 2.35. The van der Waals surface area contributed by atoms with Gasteiger partial charge in [-0.1, -0.05) is 13.8 Å². The number of Topliss-reactive ketones (excluding diaryl/α,β-unsaturated/α-hetero) is 1. The first kappa shape index (κ1) is 8.72. The Labute approximate surface area is 67.6 Å². The van der Waals surface area contributed by atoms with E-state index in [0.717, 1.165) is 19.3 Å². The van der Waals surface area contributed by atoms with Crippen molar-refractivity contribution in [2.24, 2.45) is 5.41 Å². The zero-order valence-electron chi connectivity index (χ0n) is 7.26. The molecule has 0 aromatic heterocycles. The summed E-state index contributed by atoms with van der Waals surface area (Å²) in [7, 11) is 0. The van der Waals surface area contributed by atoms with Crippen molar-refractivity contribution >= 4 is 5.78 Å². The predicted molar refractivity (Wildman–Crippen MR) is 43.3 cm³/mol. The van der Waals surface area contributed by atoms with E-state index in [-0.39, 0.29) is 5.78 Å². The van der Waals surface area contributed by atoms with Crippen LogP contribution in [-0.2, 0) is 4.79 Å². The summed E-state index contributed by atoms with van der Waals surface area (Å²) < 4.78 is 0. The molecule has 2 unspecified atom stereocenters. The Kier molecular flexibility index (Phi) is 2.33. The minimum atomic E-state index is -0.446. The number of carbonyl (C=O) groups is 1. The van der Waals surface area contributed by atoms with Crippen molar-refractivity contribution in [1.29, 1.82) is 0 Å². The van der Waals surface area contributed by atoms with Gasteiger partial charge in [-0.05, 0) is 19.3 Å². The maximum atomic E-state index is 11.4. The minimum Gasteiger partial charge on any atom is -0.392 e. The molecule has 0 heterocycles. The number of hydrogen-bond acceptors (Lipinski definition) is 2. The first-order chi connectivity index (χ1) is 5.11. The van der Waals surface area contributed by atoms with Gasteiger partial charge < -0.3 is 5.11 Å². The number of hydrogen-bond donors (Lipinski definition) is 1. The molecule has 1 rings (SSSR count). The predicted octanol–water partition coefficient (Wildman–Crippen LogP) is 1.52. The van der Waals surface area contributed by atoms with Gasteiger partial charge in [-0.15, -0.1) is 0 Å². The molecule has 2 atom stereocenters. The van der Waals surface area contributed by atoms with E-state index in [0.29, 0.717) is 6.42 Å². The summed E-state index contributed by atoms with van der Waals surface area (Å²) in [6.45, 7) is 3.84. The second kappa shape index (κ2) is 2.94. The lowest BCUT2D eigenvalue weighted by Gasteiger charge is -2.35. The third-order valence-electron chi connectivity index (χ3n) is 2.99. The van der Waals surface area contributed by atoms with Crippen LogP contribution in [0.4, 0.5) is 0 Å². The second-order valence-electron chi connectivity index (χ2n) is 3.60. The fourth-order valence-corrected chi connectivity index (χ4v) is 1.68. The molecule has 2 nitrogen and oxygen atoms in total. The van der Waals surface area contributed by atoms with Crippen molar-refractivity contribution in [3.05, 3.63) is 0 Å². The lowest BCUT2D eigenvalue weighted by molar-refractivity contribution is -0.138. The lowest BCUT2D eigenvalue weighted by atomic mass is 9.71. The van der Waals surface area contributed by atoms with Crippen LogP contribution in [0.5, 0.6) is 0 Å². The van der Waals surface area contributed by atoms with E-state index in [1.807, 2.05) is 13.8 Å². The monoisotopic (exact) mass is 156 g/mol. The van der Waals surface area contributed by atoms with E-state index in [1.54, 1.807) is 0 Å². The molecule has 0 amide bonds. The zero-order valence-corrected chi connectivity index (χ0v) is 7.26. The SMILES string of the molecule is CCC1(C)C(=O)CCCC1O. The Bertz CT molecular complexity index is 165. The summed E-state index contributed by atoms with van der Waals surface area (Å²) in [6.07, 6.45) is 2.65. The van der Waals surface area contributed by atoms with Crippen LogP contribution < -0.4 is 0 Å². The molecule has 1 saturated carbocycles. The molecule has 0 aromatic rings. The molecule has 0 aliphatic heterocycles. The molecular formula is C9H16O2. The summed E-state index contributed by atoms with van der Waals surface area (Å²) in [5.41, 5.74) is -0.446. The van der Waals surface area contributed by atoms with Gasteiger partial charge in [0.25, 0.3) is 0 Å². The molecule has 1 aliphatic carbocycles. The van der Waals surface area contributed by atoms with Gasteiger partial charge in [-0.2, -0.15) is 0 Å². The highest BCUT2D eigenvalue weighted by molar-refractivity contribution is 5.85. The molecule has 1 aliphatic rings. The Morgan fingerprint density at radius 3 is 2.73 bits per heavy atom. The fraction of sp³-hybridized carbons (Fsp3) is 0.889. The van der Waals surface area contributed by atoms with Crippen molar-refractivity contribution in [1.82, 2.24) is 0 Å². The van der Waals surface area contributed by atoms with Gasteiger partial charge in [0.2, 0.25) is 0 Å². The van der Waals surface area contributed by atoms with Gasteiger partial charge in [0.05, 0.1) is 11.5 Å². The molecule has 0 spiro atoms. The Balaban J connectivity index is 2.77. The van der Waals surface area contributed by atoms with E-state index < -0.39 is 11.5 Å². The highest BCUT2D eigenvalue weighted by Gasteiger charge is 2.40. The summed E-state index contributed by atoms with van der Waals surface area (Å²) in [5, 5.41) is 9.58. The Morgan fingerprint density at radius 1 is 1.73 bits per heavy atom. The largest absolute Gasteiger partial charge is 0.392 e. The summed E-state index contributed by atoms with van der Waals surface area (Å²) in [4.78, 5) is 11.4. The van der Waals surface area contributed by atoms with Crippen molar-refractivity contribution in [3.63, 3.8) is 0 Å². The van der Waals surface area contributed by atoms with Crippen LogP contribution >= 0.6 is 0 Å². The molecule has 11 heavy (non-hydrogen) atoms. The van der Waals surface area contributed by atoms with Gasteiger partial charge in [-0.25, -0.2) is 0 Å². The summed E-state index contributed by atoms with van der Waals surface area (Å²) in [6, 6.07) is 0. The Morgan fingerprint density at radius 2 is 2.36 bits per heavy atom. The average molecular weight is 156 g/mol. The first-order valence-corrected chi connectivity index (χ1v) is 4.32. The van der Waals surface area contributed by atoms with E-state index >= 15 is 0 Å². The summed E-state index contributed by atoms with van der Waals surface area (Å²) in [5.74, 6) is 0.235. The number of carbonyl (C=O) groups excluding carboxylic acids is 1. The van der Waals surface area contributed by atoms with Gasteiger partial charge in [0.1, 0.15) is 5.78 Å². The molecule has 2 heteroatoms. The molecule has 0 bridgehead atoms. The topological polar surface area (TPSA) is 37.3 Å². The molecule has 1 N–H and O–H groups in total. The quantitative estimate of drug-likeness (QED) is 0.625. The van der Waals surface area contributed by atoms with E-state index in [4.69, 9.17) is 0 Å². The Hall–Kier alpha value is -0.370. The van der Waals surface area contributed by atoms with Crippen molar-refractivity contribution in [2.45, 2.75) is 45.6 Å². The van der Waals surface area contributed by atoms with E-state index in [1.165, 1.54) is 0 Å². The third kappa shape index (κ3) is 1.32. The van der Waals surface area contributed by atoms with E-state index in [9.17, 15) is 9.90 Å². The first-order valence-electron chi connectivity index (χ1n) is 4.32. The smallest absolute Gasteiger partial charge is 0.141 e. The second-order valence-corrected chi connectivity index (χ2v) is 3.60. The number of ketones is 1. The van der Waals surface area contributed by atoms with Crippen LogP contribution in [0.2, 0.25) is 0 Å². The van der Waals surface area contributed by atoms with Crippen molar-refractivity contribution in [2.75, 3.05) is 0 Å². The van der Waals surface area contributed by atoms with Gasteiger partial charge in [-0.3, -0.25) is 4.79 Å². The lowest BCUT2D eigenvalue weighted by Crippen LogP contribution is -2.42. The van der Waals surface area contributed by atoms with Crippen LogP contribution in [-0.4, -0.2) is 17.0 Å². The average Bonchev–Trinajstić information content (AvgIpc) is 2.00. The van der Waals surface area contributed by atoms with Crippen LogP contribution in [0.25, 0.3) is 0 Å². The van der Waals surface area contributed by atoms with Crippen LogP contribution in [0.15, 0.2) is 0 Å². The van der Waals surface area contributed by atoms with Gasteiger partial charge in [0.15, 0.2) is 0 Å². The molecule has 0 aromatic carbocycles. The number of aliphatic hydroxyl groups excluding tert-OH is 1. The third-order valence-corrected chi connectivity index (χ3v) is 2.99. The summed E-state index contributed by atoms with van der Waals surface area (Å²) >= 11 is 0. The normalized spacial score (nSPS) is 39.2. The fourth-order valence-electron chi connectivity index (χ4n) is 1.68. The van der Waals surface area contributed by atoms with Crippen LogP contribution in [0.3, 0.4) is 0 Å². The van der Waals surface area contributed by atoms with Crippen LogP contribution in [0.1, 0.15) is 39.5 Å². The molecule has 0 radical (unpaired) electrons. The highest BCUT2D eigenvalue weighted by atomic mass is 16.3.